The molecule has 2 aliphatic rings. The highest BCUT2D eigenvalue weighted by atomic mass is 32.2. The van der Waals surface area contributed by atoms with Crippen LogP contribution in [0.2, 0.25) is 0 Å². The average molecular weight is 367 g/mol. The molecule has 1 unspecified atom stereocenters. The van der Waals surface area contributed by atoms with Gasteiger partial charge in [-0.2, -0.15) is 0 Å². The predicted octanol–water partition coefficient (Wildman–Crippen LogP) is 1.53. The standard InChI is InChI=1S/C17H21NO6S/c19-15(20)14-10-18(12-17(14)6-8-25(22,23)9-7-17)16(21)24-11-13-4-2-1-3-5-13/h1-5,14H,6-12H2,(H,19,20). The van der Waals surface area contributed by atoms with Gasteiger partial charge < -0.3 is 14.7 Å². The Morgan fingerprint density at radius 3 is 2.44 bits per heavy atom. The molecule has 2 aliphatic heterocycles. The molecular weight excluding hydrogens is 346 g/mol. The van der Waals surface area contributed by atoms with Gasteiger partial charge in [-0.15, -0.1) is 0 Å². The second kappa shape index (κ2) is 6.67. The third-order valence-electron chi connectivity index (χ3n) is 5.23. The number of carbonyl (C=O) groups is 2. The molecule has 1 spiro atoms. The number of aliphatic carboxylic acids is 1. The first kappa shape index (κ1) is 17.7. The highest BCUT2D eigenvalue weighted by molar-refractivity contribution is 7.91. The Kier molecular flexibility index (Phi) is 4.73. The van der Waals surface area contributed by atoms with E-state index < -0.39 is 33.2 Å². The van der Waals surface area contributed by atoms with E-state index in [-0.39, 0.29) is 44.0 Å². The van der Waals surface area contributed by atoms with Crippen molar-refractivity contribution < 1.29 is 27.9 Å². The summed E-state index contributed by atoms with van der Waals surface area (Å²) in [5.74, 6) is -1.79. The fraction of sp³-hybridized carbons (Fsp3) is 0.529. The average Bonchev–Trinajstić information content (AvgIpc) is 2.97. The van der Waals surface area contributed by atoms with Gasteiger partial charge in [0.2, 0.25) is 0 Å². The van der Waals surface area contributed by atoms with Gasteiger partial charge in [0.15, 0.2) is 0 Å². The van der Waals surface area contributed by atoms with Gasteiger partial charge in [-0.1, -0.05) is 30.3 Å². The Bertz CT molecular complexity index is 747. The van der Waals surface area contributed by atoms with Gasteiger partial charge in [0.25, 0.3) is 0 Å². The third-order valence-corrected chi connectivity index (χ3v) is 6.88. The van der Waals surface area contributed by atoms with Crippen LogP contribution < -0.4 is 0 Å². The van der Waals surface area contributed by atoms with Gasteiger partial charge in [0.1, 0.15) is 16.4 Å². The molecular formula is C17H21NO6S. The summed E-state index contributed by atoms with van der Waals surface area (Å²) in [5.41, 5.74) is 0.173. The van der Waals surface area contributed by atoms with E-state index >= 15 is 0 Å². The molecule has 2 heterocycles. The summed E-state index contributed by atoms with van der Waals surface area (Å²) in [6.45, 7) is 0.408. The van der Waals surface area contributed by atoms with Gasteiger partial charge in [-0.3, -0.25) is 4.79 Å². The van der Waals surface area contributed by atoms with Crippen molar-refractivity contribution >= 4 is 21.9 Å². The summed E-state index contributed by atoms with van der Waals surface area (Å²) in [6, 6.07) is 9.23. The van der Waals surface area contributed by atoms with E-state index in [0.29, 0.717) is 0 Å². The van der Waals surface area contributed by atoms with Crippen LogP contribution in [0.25, 0.3) is 0 Å². The van der Waals surface area contributed by atoms with Crippen molar-refractivity contribution in [1.29, 1.82) is 0 Å². The third kappa shape index (κ3) is 3.78. The van der Waals surface area contributed by atoms with Crippen LogP contribution in [0, 0.1) is 11.3 Å². The maximum Gasteiger partial charge on any atom is 0.410 e. The summed E-state index contributed by atoms with van der Waals surface area (Å²) >= 11 is 0. The molecule has 2 saturated heterocycles. The van der Waals surface area contributed by atoms with Crippen LogP contribution in [-0.4, -0.2) is 55.1 Å². The number of carboxylic acid groups (broad SMARTS) is 1. The lowest BCUT2D eigenvalue weighted by molar-refractivity contribution is -0.145. The number of ether oxygens (including phenoxy) is 1. The number of hydrogen-bond acceptors (Lipinski definition) is 5. The van der Waals surface area contributed by atoms with Crippen molar-refractivity contribution in [3.63, 3.8) is 0 Å². The zero-order valence-corrected chi connectivity index (χ0v) is 14.6. The quantitative estimate of drug-likeness (QED) is 0.869. The van der Waals surface area contributed by atoms with Crippen molar-refractivity contribution in [2.45, 2.75) is 19.4 Å². The first-order valence-electron chi connectivity index (χ1n) is 8.20. The number of benzene rings is 1. The predicted molar refractivity (Wildman–Crippen MR) is 89.6 cm³/mol. The lowest BCUT2D eigenvalue weighted by atomic mass is 9.73. The Labute approximate surface area is 146 Å². The molecule has 3 rings (SSSR count). The van der Waals surface area contributed by atoms with Gasteiger partial charge in [0.05, 0.1) is 17.4 Å². The SMILES string of the molecule is O=C(O)C1CN(C(=O)OCc2ccccc2)CC12CCS(=O)(=O)CC2. The molecule has 1 N–H and O–H groups in total. The number of amides is 1. The molecule has 0 bridgehead atoms. The van der Waals surface area contributed by atoms with Crippen molar-refractivity contribution in [2.75, 3.05) is 24.6 Å². The Morgan fingerprint density at radius 1 is 1.20 bits per heavy atom. The van der Waals surface area contributed by atoms with E-state index in [9.17, 15) is 23.1 Å². The summed E-state index contributed by atoms with van der Waals surface area (Å²) in [4.78, 5) is 25.4. The normalized spacial score (nSPS) is 24.2. The lowest BCUT2D eigenvalue weighted by Crippen LogP contribution is -2.42. The molecule has 0 aromatic heterocycles. The number of sulfone groups is 1. The maximum absolute atomic E-state index is 12.3. The van der Waals surface area contributed by atoms with Crippen molar-refractivity contribution in [1.82, 2.24) is 4.90 Å². The second-order valence-electron chi connectivity index (χ2n) is 6.83. The molecule has 136 valence electrons. The van der Waals surface area contributed by atoms with Gasteiger partial charge in [0, 0.05) is 18.5 Å². The Balaban J connectivity index is 1.67. The van der Waals surface area contributed by atoms with Crippen LogP contribution in [0.5, 0.6) is 0 Å². The minimum absolute atomic E-state index is 0.0241. The summed E-state index contributed by atoms with van der Waals surface area (Å²) in [6.07, 6.45) is -0.0100. The summed E-state index contributed by atoms with van der Waals surface area (Å²) in [7, 11) is -3.11. The van der Waals surface area contributed by atoms with Crippen molar-refractivity contribution in [3.8, 4) is 0 Å². The van der Waals surface area contributed by atoms with E-state index in [1.54, 1.807) is 0 Å². The second-order valence-corrected chi connectivity index (χ2v) is 9.13. The van der Waals surface area contributed by atoms with Crippen LogP contribution in [0.15, 0.2) is 30.3 Å². The van der Waals surface area contributed by atoms with Crippen LogP contribution in [0.3, 0.4) is 0 Å². The molecule has 0 aliphatic carbocycles. The van der Waals surface area contributed by atoms with E-state index in [0.717, 1.165) is 5.56 Å². The van der Waals surface area contributed by atoms with Crippen LogP contribution in [0.1, 0.15) is 18.4 Å². The fourth-order valence-corrected chi connectivity index (χ4v) is 5.35. The molecule has 0 saturated carbocycles. The number of carboxylic acids is 1. The number of rotatable bonds is 3. The monoisotopic (exact) mass is 367 g/mol. The van der Waals surface area contributed by atoms with Crippen LogP contribution >= 0.6 is 0 Å². The minimum Gasteiger partial charge on any atom is -0.481 e. The zero-order chi connectivity index (χ0) is 18.1. The molecule has 25 heavy (non-hydrogen) atoms. The highest BCUT2D eigenvalue weighted by Gasteiger charge is 2.53. The van der Waals surface area contributed by atoms with Gasteiger partial charge >= 0.3 is 12.1 Å². The first-order valence-corrected chi connectivity index (χ1v) is 10.0. The molecule has 0 radical (unpaired) electrons. The van der Waals surface area contributed by atoms with Crippen LogP contribution in [-0.2, 0) is 26.0 Å². The molecule has 2 fully saturated rings. The molecule has 1 amide bonds. The topological polar surface area (TPSA) is 101 Å². The van der Waals surface area contributed by atoms with Crippen LogP contribution in [0.4, 0.5) is 4.79 Å². The molecule has 8 heteroatoms. The summed E-state index contributed by atoms with van der Waals surface area (Å²) in [5, 5.41) is 9.54. The molecule has 7 nitrogen and oxygen atoms in total. The number of carbonyl (C=O) groups excluding carboxylic acids is 1. The molecule has 1 aromatic rings. The fourth-order valence-electron chi connectivity index (χ4n) is 3.71. The highest BCUT2D eigenvalue weighted by Crippen LogP contribution is 2.45. The summed E-state index contributed by atoms with van der Waals surface area (Å²) < 4.78 is 28.7. The Morgan fingerprint density at radius 2 is 1.84 bits per heavy atom. The van der Waals surface area contributed by atoms with Gasteiger partial charge in [-0.05, 0) is 18.4 Å². The van der Waals surface area contributed by atoms with E-state index in [1.165, 1.54) is 4.90 Å². The minimum atomic E-state index is -3.11. The number of hydrogen-bond donors (Lipinski definition) is 1. The van der Waals surface area contributed by atoms with Gasteiger partial charge in [-0.25, -0.2) is 13.2 Å². The largest absolute Gasteiger partial charge is 0.481 e. The van der Waals surface area contributed by atoms with E-state index in [4.69, 9.17) is 4.74 Å². The Hall–Kier alpha value is -2.09. The molecule has 1 aromatic carbocycles. The number of likely N-dealkylation sites (tertiary alicyclic amines) is 1. The van der Waals surface area contributed by atoms with Crippen molar-refractivity contribution in [3.05, 3.63) is 35.9 Å². The maximum atomic E-state index is 12.3. The number of nitrogens with zero attached hydrogens (tertiary/aromatic N) is 1. The van der Waals surface area contributed by atoms with E-state index in [1.807, 2.05) is 30.3 Å². The van der Waals surface area contributed by atoms with Crippen molar-refractivity contribution in [2.24, 2.45) is 11.3 Å². The molecule has 1 atom stereocenters. The van der Waals surface area contributed by atoms with E-state index in [2.05, 4.69) is 0 Å². The first-order chi connectivity index (χ1) is 11.8. The lowest BCUT2D eigenvalue weighted by Gasteiger charge is -2.35. The smallest absolute Gasteiger partial charge is 0.410 e. The zero-order valence-electron chi connectivity index (χ0n) is 13.8.